The second-order valence-electron chi connectivity index (χ2n) is 4.61. The molecule has 0 fully saturated rings. The zero-order valence-electron chi connectivity index (χ0n) is 12.4. The summed E-state index contributed by atoms with van der Waals surface area (Å²) in [6.45, 7) is 4.37. The van der Waals surface area contributed by atoms with Gasteiger partial charge >= 0.3 is 5.97 Å². The summed E-state index contributed by atoms with van der Waals surface area (Å²) in [5, 5.41) is 8.96. The van der Waals surface area contributed by atoms with Gasteiger partial charge in [-0.1, -0.05) is 6.92 Å². The van der Waals surface area contributed by atoms with Crippen LogP contribution in [0.15, 0.2) is 11.2 Å². The molecule has 0 bridgehead atoms. The van der Waals surface area contributed by atoms with E-state index < -0.39 is 22.0 Å². The first kappa shape index (κ1) is 18.0. The minimum Gasteiger partial charge on any atom is -0.480 e. The Morgan fingerprint density at radius 2 is 2.24 bits per heavy atom. The Kier molecular flexibility index (Phi) is 6.69. The van der Waals surface area contributed by atoms with Crippen LogP contribution in [-0.2, 0) is 21.4 Å². The normalized spacial score (nSPS) is 13.3. The van der Waals surface area contributed by atoms with Crippen molar-refractivity contribution in [3.8, 4) is 0 Å². The summed E-state index contributed by atoms with van der Waals surface area (Å²) in [6.07, 6.45) is 4.36. The van der Waals surface area contributed by atoms with Gasteiger partial charge in [-0.15, -0.1) is 0 Å². The van der Waals surface area contributed by atoms with Gasteiger partial charge in [0.1, 0.15) is 11.9 Å². The summed E-state index contributed by atoms with van der Waals surface area (Å²) in [6, 6.07) is -1.14. The van der Waals surface area contributed by atoms with E-state index in [0.717, 1.165) is 6.42 Å². The second kappa shape index (κ2) is 7.81. The van der Waals surface area contributed by atoms with Crippen molar-refractivity contribution < 1.29 is 18.3 Å². The fraction of sp³-hybridized carbons (Fsp3) is 0.667. The number of rotatable bonds is 9. The Morgan fingerprint density at radius 3 is 2.76 bits per heavy atom. The number of nitrogens with zero attached hydrogens (tertiary/aromatic N) is 2. The maximum Gasteiger partial charge on any atom is 0.321 e. The van der Waals surface area contributed by atoms with Gasteiger partial charge in [-0.3, -0.25) is 4.79 Å². The van der Waals surface area contributed by atoms with Crippen molar-refractivity contribution in [3.05, 3.63) is 12.0 Å². The van der Waals surface area contributed by atoms with Gasteiger partial charge in [0.25, 0.3) is 10.0 Å². The highest BCUT2D eigenvalue weighted by Crippen LogP contribution is 2.12. The number of thioether (sulfide) groups is 1. The number of carbonyl (C=O) groups is 1. The van der Waals surface area contributed by atoms with Crippen molar-refractivity contribution in [1.82, 2.24) is 14.3 Å². The van der Waals surface area contributed by atoms with Crippen molar-refractivity contribution in [2.45, 2.75) is 44.3 Å². The number of hydrogen-bond donors (Lipinski definition) is 2. The predicted octanol–water partition coefficient (Wildman–Crippen LogP) is 1.09. The molecule has 9 heteroatoms. The molecule has 0 aliphatic carbocycles. The Labute approximate surface area is 129 Å². The van der Waals surface area contributed by atoms with Gasteiger partial charge in [0.15, 0.2) is 5.03 Å². The molecule has 1 heterocycles. The Morgan fingerprint density at radius 1 is 1.57 bits per heavy atom. The Hall–Kier alpha value is -1.06. The number of aromatic nitrogens is 2. The molecule has 0 unspecified atom stereocenters. The van der Waals surface area contributed by atoms with Gasteiger partial charge in [0.05, 0.1) is 0 Å². The third-order valence-corrected chi connectivity index (χ3v) is 4.89. The quantitative estimate of drug-likeness (QED) is 0.700. The first-order valence-electron chi connectivity index (χ1n) is 6.59. The van der Waals surface area contributed by atoms with Crippen LogP contribution in [0.3, 0.4) is 0 Å². The average Bonchev–Trinajstić information content (AvgIpc) is 2.77. The molecule has 0 spiro atoms. The van der Waals surface area contributed by atoms with Crippen molar-refractivity contribution >= 4 is 27.8 Å². The number of imidazole rings is 1. The lowest BCUT2D eigenvalue weighted by Gasteiger charge is -2.12. The number of nitrogens with one attached hydrogen (secondary N) is 1. The van der Waals surface area contributed by atoms with E-state index in [9.17, 15) is 13.2 Å². The number of aliphatic carboxylic acids is 1. The number of carboxylic acid groups (broad SMARTS) is 1. The van der Waals surface area contributed by atoms with E-state index in [-0.39, 0.29) is 11.4 Å². The standard InChI is InChI=1S/C12H21N3O4S2/c1-4-6-15-8-11(13-9(15)2)21(18,19)14-10(12(16)17)5-7-20-3/h8,10,14H,4-7H2,1-3H3,(H,16,17)/t10-/m1/s1. The van der Waals surface area contributed by atoms with Crippen LogP contribution in [0.4, 0.5) is 0 Å². The van der Waals surface area contributed by atoms with Crippen LogP contribution in [-0.4, -0.2) is 47.1 Å². The molecule has 0 aliphatic rings. The molecular weight excluding hydrogens is 314 g/mol. The van der Waals surface area contributed by atoms with E-state index in [0.29, 0.717) is 18.1 Å². The lowest BCUT2D eigenvalue weighted by molar-refractivity contribution is -0.139. The number of hydrogen-bond acceptors (Lipinski definition) is 5. The molecule has 1 rings (SSSR count). The molecule has 0 aromatic carbocycles. The lowest BCUT2D eigenvalue weighted by Crippen LogP contribution is -2.41. The molecule has 0 saturated heterocycles. The highest BCUT2D eigenvalue weighted by atomic mass is 32.2. The van der Waals surface area contributed by atoms with E-state index in [1.807, 2.05) is 13.2 Å². The van der Waals surface area contributed by atoms with E-state index in [1.54, 1.807) is 11.5 Å². The van der Waals surface area contributed by atoms with Crippen molar-refractivity contribution in [2.75, 3.05) is 12.0 Å². The van der Waals surface area contributed by atoms with E-state index >= 15 is 0 Å². The van der Waals surface area contributed by atoms with Gasteiger partial charge < -0.3 is 9.67 Å². The van der Waals surface area contributed by atoms with Crippen LogP contribution in [0, 0.1) is 6.92 Å². The van der Waals surface area contributed by atoms with Crippen molar-refractivity contribution in [2.24, 2.45) is 0 Å². The predicted molar refractivity (Wildman–Crippen MR) is 82.0 cm³/mol. The Balaban J connectivity index is 2.93. The number of carboxylic acids is 1. The van der Waals surface area contributed by atoms with E-state index in [2.05, 4.69) is 9.71 Å². The third kappa shape index (κ3) is 5.01. The fourth-order valence-corrected chi connectivity index (χ4v) is 3.50. The van der Waals surface area contributed by atoms with Crippen molar-refractivity contribution in [3.63, 3.8) is 0 Å². The lowest BCUT2D eigenvalue weighted by atomic mass is 10.2. The first-order valence-corrected chi connectivity index (χ1v) is 9.47. The zero-order chi connectivity index (χ0) is 16.0. The molecule has 2 N–H and O–H groups in total. The summed E-state index contributed by atoms with van der Waals surface area (Å²) >= 11 is 1.46. The third-order valence-electron chi connectivity index (χ3n) is 2.90. The minimum absolute atomic E-state index is 0.135. The summed E-state index contributed by atoms with van der Waals surface area (Å²) in [7, 11) is -3.93. The molecule has 120 valence electrons. The molecule has 21 heavy (non-hydrogen) atoms. The number of aryl methyl sites for hydroxylation is 2. The molecule has 0 aliphatic heterocycles. The highest BCUT2D eigenvalue weighted by Gasteiger charge is 2.27. The average molecular weight is 335 g/mol. The SMILES string of the molecule is CCCn1cc(S(=O)(=O)N[C@H](CCSC)C(=O)O)nc1C. The second-order valence-corrected chi connectivity index (χ2v) is 7.26. The van der Waals surface area contributed by atoms with Crippen LogP contribution in [0.1, 0.15) is 25.6 Å². The summed E-state index contributed by atoms with van der Waals surface area (Å²) in [4.78, 5) is 15.1. The van der Waals surface area contributed by atoms with Gasteiger partial charge in [0.2, 0.25) is 0 Å². The van der Waals surface area contributed by atoms with Crippen LogP contribution in [0.2, 0.25) is 0 Å². The maximum absolute atomic E-state index is 12.2. The summed E-state index contributed by atoms with van der Waals surface area (Å²) in [5.41, 5.74) is 0. The number of sulfonamides is 1. The van der Waals surface area contributed by atoms with Crippen LogP contribution < -0.4 is 4.72 Å². The fourth-order valence-electron chi connectivity index (χ4n) is 1.79. The molecule has 1 atom stereocenters. The van der Waals surface area contributed by atoms with Gasteiger partial charge in [-0.2, -0.15) is 16.5 Å². The summed E-state index contributed by atoms with van der Waals surface area (Å²) in [5.74, 6) is -0.0338. The van der Waals surface area contributed by atoms with Crippen LogP contribution in [0.25, 0.3) is 0 Å². The van der Waals surface area contributed by atoms with Gasteiger partial charge in [0, 0.05) is 12.7 Å². The summed E-state index contributed by atoms with van der Waals surface area (Å²) < 4.78 is 28.4. The Bertz CT molecular complexity index is 583. The van der Waals surface area contributed by atoms with Crippen LogP contribution in [0.5, 0.6) is 0 Å². The van der Waals surface area contributed by atoms with E-state index in [1.165, 1.54) is 18.0 Å². The van der Waals surface area contributed by atoms with E-state index in [4.69, 9.17) is 5.11 Å². The van der Waals surface area contributed by atoms with Crippen molar-refractivity contribution in [1.29, 1.82) is 0 Å². The first-order chi connectivity index (χ1) is 9.81. The maximum atomic E-state index is 12.2. The molecule has 0 radical (unpaired) electrons. The molecule has 1 aromatic heterocycles. The molecule has 0 saturated carbocycles. The largest absolute Gasteiger partial charge is 0.480 e. The zero-order valence-corrected chi connectivity index (χ0v) is 14.0. The monoisotopic (exact) mass is 335 g/mol. The van der Waals surface area contributed by atoms with Crippen LogP contribution >= 0.6 is 11.8 Å². The smallest absolute Gasteiger partial charge is 0.321 e. The molecule has 7 nitrogen and oxygen atoms in total. The highest BCUT2D eigenvalue weighted by molar-refractivity contribution is 7.98. The molecular formula is C12H21N3O4S2. The molecule has 0 amide bonds. The van der Waals surface area contributed by atoms with Gasteiger partial charge in [-0.05, 0) is 31.8 Å². The molecule has 1 aromatic rings. The topological polar surface area (TPSA) is 101 Å². The minimum atomic E-state index is -3.93. The van der Waals surface area contributed by atoms with Gasteiger partial charge in [-0.25, -0.2) is 13.4 Å².